The molecule has 2 heterocycles. The van der Waals surface area contributed by atoms with Gasteiger partial charge in [0.2, 0.25) is 5.91 Å². The van der Waals surface area contributed by atoms with Crippen LogP contribution in [-0.2, 0) is 11.3 Å². The van der Waals surface area contributed by atoms with E-state index in [2.05, 4.69) is 10.3 Å². The minimum absolute atomic E-state index is 0.0745. The van der Waals surface area contributed by atoms with Gasteiger partial charge in [-0.25, -0.2) is 9.37 Å². The maximum Gasteiger partial charge on any atom is 0.266 e. The van der Waals surface area contributed by atoms with Crippen LogP contribution in [0.25, 0.3) is 16.6 Å². The Labute approximate surface area is 184 Å². The molecule has 2 aromatic carbocycles. The van der Waals surface area contributed by atoms with Crippen molar-refractivity contribution in [1.29, 1.82) is 0 Å². The Kier molecular flexibility index (Phi) is 6.17. The smallest absolute Gasteiger partial charge is 0.266 e. The van der Waals surface area contributed by atoms with E-state index in [0.717, 1.165) is 16.6 Å². The van der Waals surface area contributed by atoms with Crippen LogP contribution in [0.3, 0.4) is 0 Å². The lowest BCUT2D eigenvalue weighted by Gasteiger charge is -2.13. The average Bonchev–Trinajstić information content (AvgIpc) is 3.27. The molecule has 4 aromatic rings. The Bertz CT molecular complexity index is 1280. The molecule has 152 valence electrons. The highest BCUT2D eigenvalue weighted by Crippen LogP contribution is 2.24. The van der Waals surface area contributed by atoms with Gasteiger partial charge in [0.25, 0.3) is 5.56 Å². The van der Waals surface area contributed by atoms with Gasteiger partial charge in [0.05, 0.1) is 33.9 Å². The van der Waals surface area contributed by atoms with Gasteiger partial charge in [-0.05, 0) is 41.8 Å². The minimum Gasteiger partial charge on any atom is -0.350 e. The lowest BCUT2D eigenvalue weighted by atomic mass is 10.2. The van der Waals surface area contributed by atoms with Crippen LogP contribution in [0.5, 0.6) is 0 Å². The number of rotatable bonds is 6. The van der Waals surface area contributed by atoms with E-state index in [4.69, 9.17) is 11.6 Å². The van der Waals surface area contributed by atoms with Gasteiger partial charge >= 0.3 is 0 Å². The zero-order chi connectivity index (χ0) is 21.1. The molecule has 0 aliphatic rings. The van der Waals surface area contributed by atoms with Crippen molar-refractivity contribution in [2.24, 2.45) is 0 Å². The number of thiophene rings is 1. The van der Waals surface area contributed by atoms with Crippen molar-refractivity contribution < 1.29 is 9.18 Å². The minimum atomic E-state index is -0.579. The van der Waals surface area contributed by atoms with Crippen LogP contribution in [-0.4, -0.2) is 21.2 Å². The molecule has 0 saturated carbocycles. The van der Waals surface area contributed by atoms with Crippen LogP contribution in [0.1, 0.15) is 4.88 Å². The van der Waals surface area contributed by atoms with Crippen molar-refractivity contribution in [3.05, 3.63) is 86.0 Å². The Morgan fingerprint density at radius 3 is 2.80 bits per heavy atom. The Morgan fingerprint density at radius 2 is 2.03 bits per heavy atom. The van der Waals surface area contributed by atoms with Gasteiger partial charge in [-0.2, -0.15) is 0 Å². The summed E-state index contributed by atoms with van der Waals surface area (Å²) in [4.78, 5) is 31.0. The highest BCUT2D eigenvalue weighted by Gasteiger charge is 2.16. The van der Waals surface area contributed by atoms with Crippen molar-refractivity contribution >= 4 is 51.5 Å². The van der Waals surface area contributed by atoms with E-state index in [9.17, 15) is 14.0 Å². The molecule has 0 bridgehead atoms. The third-order valence-electron chi connectivity index (χ3n) is 4.28. The van der Waals surface area contributed by atoms with Gasteiger partial charge in [-0.15, -0.1) is 11.3 Å². The summed E-state index contributed by atoms with van der Waals surface area (Å²) in [5.74, 6) is -0.686. The number of nitrogens with one attached hydrogen (secondary N) is 1. The first kappa shape index (κ1) is 20.6. The number of hydrogen-bond donors (Lipinski definition) is 1. The van der Waals surface area contributed by atoms with E-state index in [-0.39, 0.29) is 22.2 Å². The van der Waals surface area contributed by atoms with Crippen molar-refractivity contribution in [1.82, 2.24) is 14.9 Å². The molecular weight excluding hydrogens is 445 g/mol. The van der Waals surface area contributed by atoms with E-state index >= 15 is 0 Å². The van der Waals surface area contributed by atoms with Crippen molar-refractivity contribution in [3.8, 4) is 5.69 Å². The normalized spacial score (nSPS) is 11.0. The number of thioether (sulfide) groups is 1. The van der Waals surface area contributed by atoms with Gasteiger partial charge in [0.1, 0.15) is 5.82 Å². The molecule has 1 amide bonds. The third kappa shape index (κ3) is 4.40. The molecule has 0 unspecified atom stereocenters. The van der Waals surface area contributed by atoms with Crippen LogP contribution in [0.4, 0.5) is 4.39 Å². The summed E-state index contributed by atoms with van der Waals surface area (Å²) in [5, 5.41) is 5.44. The number of benzene rings is 2. The van der Waals surface area contributed by atoms with Crippen molar-refractivity contribution in [3.63, 3.8) is 0 Å². The Balaban J connectivity index is 1.66. The fourth-order valence-corrected chi connectivity index (χ4v) is 4.50. The molecule has 5 nitrogen and oxygen atoms in total. The fraction of sp³-hybridized carbons (Fsp3) is 0.0952. The molecule has 1 N–H and O–H groups in total. The number of nitrogens with zero attached hydrogens (tertiary/aromatic N) is 2. The molecule has 0 aliphatic carbocycles. The molecule has 0 saturated heterocycles. The number of hydrogen-bond acceptors (Lipinski definition) is 5. The van der Waals surface area contributed by atoms with E-state index in [1.165, 1.54) is 22.8 Å². The highest BCUT2D eigenvalue weighted by molar-refractivity contribution is 7.99. The SMILES string of the molecule is O=C(CSc1nc2ccccc2c(=O)n1-c1ccc(F)c(Cl)c1)NCc1cccs1. The Hall–Kier alpha value is -2.68. The van der Waals surface area contributed by atoms with Crippen LogP contribution in [0.15, 0.2) is 69.9 Å². The van der Waals surface area contributed by atoms with Crippen molar-refractivity contribution in [2.75, 3.05) is 5.75 Å². The first-order valence-electron chi connectivity index (χ1n) is 8.92. The molecule has 9 heteroatoms. The lowest BCUT2D eigenvalue weighted by Crippen LogP contribution is -2.26. The topological polar surface area (TPSA) is 64.0 Å². The average molecular weight is 460 g/mol. The van der Waals surface area contributed by atoms with Crippen LogP contribution >= 0.6 is 34.7 Å². The molecule has 4 rings (SSSR count). The number of amides is 1. The molecule has 0 radical (unpaired) electrons. The largest absolute Gasteiger partial charge is 0.350 e. The van der Waals surface area contributed by atoms with Crippen molar-refractivity contribution in [2.45, 2.75) is 11.7 Å². The fourth-order valence-electron chi connectivity index (χ4n) is 2.84. The zero-order valence-electron chi connectivity index (χ0n) is 15.5. The molecule has 0 fully saturated rings. The van der Waals surface area contributed by atoms with E-state index in [0.29, 0.717) is 28.3 Å². The maximum atomic E-state index is 13.6. The molecule has 0 aliphatic heterocycles. The van der Waals surface area contributed by atoms with Gasteiger partial charge in [-0.1, -0.05) is 41.6 Å². The molecule has 0 spiro atoms. The second-order valence-corrected chi connectivity index (χ2v) is 8.68. The number of aromatic nitrogens is 2. The van der Waals surface area contributed by atoms with Crippen LogP contribution in [0, 0.1) is 5.82 Å². The first-order valence-corrected chi connectivity index (χ1v) is 11.2. The number of fused-ring (bicyclic) bond motifs is 1. The van der Waals surface area contributed by atoms with Gasteiger partial charge in [0, 0.05) is 4.88 Å². The quantitative estimate of drug-likeness (QED) is 0.337. The summed E-state index contributed by atoms with van der Waals surface area (Å²) in [7, 11) is 0. The predicted molar refractivity (Wildman–Crippen MR) is 119 cm³/mol. The standard InChI is InChI=1S/C21H15ClFN3O2S2/c22-16-10-13(7-8-17(16)23)26-20(28)15-5-1-2-6-18(15)25-21(26)30-12-19(27)24-11-14-4-3-9-29-14/h1-10H,11-12H2,(H,24,27). The summed E-state index contributed by atoms with van der Waals surface area (Å²) in [6, 6.07) is 14.8. The monoisotopic (exact) mass is 459 g/mol. The molecule has 0 atom stereocenters. The summed E-state index contributed by atoms with van der Waals surface area (Å²) in [6.07, 6.45) is 0. The zero-order valence-corrected chi connectivity index (χ0v) is 17.9. The van der Waals surface area contributed by atoms with E-state index in [1.54, 1.807) is 35.6 Å². The predicted octanol–water partition coefficient (Wildman–Crippen LogP) is 4.65. The van der Waals surface area contributed by atoms with Gasteiger partial charge in [-0.3, -0.25) is 14.2 Å². The molecular formula is C21H15ClFN3O2S2. The summed E-state index contributed by atoms with van der Waals surface area (Å²) >= 11 is 8.62. The summed E-state index contributed by atoms with van der Waals surface area (Å²) in [5.41, 5.74) is 0.587. The summed E-state index contributed by atoms with van der Waals surface area (Å²) in [6.45, 7) is 0.447. The molecule has 2 aromatic heterocycles. The lowest BCUT2D eigenvalue weighted by molar-refractivity contribution is -0.118. The second-order valence-electron chi connectivity index (χ2n) is 6.30. The highest BCUT2D eigenvalue weighted by atomic mass is 35.5. The first-order chi connectivity index (χ1) is 14.5. The van der Waals surface area contributed by atoms with E-state index in [1.807, 2.05) is 17.5 Å². The third-order valence-corrected chi connectivity index (χ3v) is 6.38. The van der Waals surface area contributed by atoms with Gasteiger partial charge in [0.15, 0.2) is 5.16 Å². The van der Waals surface area contributed by atoms with Crippen LogP contribution < -0.4 is 10.9 Å². The maximum absolute atomic E-state index is 13.6. The second kappa shape index (κ2) is 8.99. The van der Waals surface area contributed by atoms with Crippen LogP contribution in [0.2, 0.25) is 5.02 Å². The number of carbonyl (C=O) groups is 1. The molecule has 30 heavy (non-hydrogen) atoms. The summed E-state index contributed by atoms with van der Waals surface area (Å²) < 4.78 is 15.0. The number of carbonyl (C=O) groups excluding carboxylic acids is 1. The van der Waals surface area contributed by atoms with Gasteiger partial charge < -0.3 is 5.32 Å². The Morgan fingerprint density at radius 1 is 1.20 bits per heavy atom. The van der Waals surface area contributed by atoms with E-state index < -0.39 is 5.82 Å². The number of halogens is 2. The number of para-hydroxylation sites is 1.